The Labute approximate surface area is 140 Å². The quantitative estimate of drug-likeness (QED) is 0.691. The summed E-state index contributed by atoms with van der Waals surface area (Å²) in [7, 11) is -0.576. The van der Waals surface area contributed by atoms with E-state index in [1.54, 1.807) is 43.7 Å². The number of nitrogens with zero attached hydrogens (tertiary/aromatic N) is 1. The summed E-state index contributed by atoms with van der Waals surface area (Å²) in [6.07, 6.45) is 6.27. The van der Waals surface area contributed by atoms with Crippen LogP contribution in [0.2, 0.25) is 0 Å². The second kappa shape index (κ2) is 7.71. The number of carbonyl (C=O) groups excluding carboxylic acids is 1. The monoisotopic (exact) mass is 346 g/mol. The highest BCUT2D eigenvalue weighted by atomic mass is 32.2. The first-order valence-electron chi connectivity index (χ1n) is 7.10. The van der Waals surface area contributed by atoms with Crippen LogP contribution >= 0.6 is 0 Å². The van der Waals surface area contributed by atoms with E-state index < -0.39 is 10.0 Å². The largest absolute Gasteiger partial charge is 0.386 e. The Kier molecular flexibility index (Phi) is 5.67. The molecule has 0 bridgehead atoms. The standard InChI is InChI=1S/C16H18N4O3S/c1-17-14-5-4-13(24(22,23)18-2)11-15(14)20-16(21)6-3-12-7-9-19-10-8-12/h3-11,17-18H,1-2H3,(H,20,21). The highest BCUT2D eigenvalue weighted by Gasteiger charge is 2.14. The summed E-state index contributed by atoms with van der Waals surface area (Å²) in [5.41, 5.74) is 1.81. The molecule has 1 aromatic carbocycles. The number of amides is 1. The van der Waals surface area contributed by atoms with E-state index in [1.165, 1.54) is 25.3 Å². The molecule has 8 heteroatoms. The van der Waals surface area contributed by atoms with E-state index in [-0.39, 0.29) is 10.8 Å². The summed E-state index contributed by atoms with van der Waals surface area (Å²) in [4.78, 5) is 16.0. The average Bonchev–Trinajstić information content (AvgIpc) is 2.60. The minimum absolute atomic E-state index is 0.0670. The van der Waals surface area contributed by atoms with Crippen LogP contribution in [0.5, 0.6) is 0 Å². The van der Waals surface area contributed by atoms with Crippen LogP contribution in [0.4, 0.5) is 11.4 Å². The molecule has 3 N–H and O–H groups in total. The Hall–Kier alpha value is -2.71. The predicted octanol–water partition coefficient (Wildman–Crippen LogP) is 1.68. The van der Waals surface area contributed by atoms with Crippen LogP contribution in [0.3, 0.4) is 0 Å². The molecular formula is C16H18N4O3S. The molecule has 2 rings (SSSR count). The molecule has 0 radical (unpaired) electrons. The van der Waals surface area contributed by atoms with Crippen molar-refractivity contribution < 1.29 is 13.2 Å². The maximum absolute atomic E-state index is 12.1. The summed E-state index contributed by atoms with van der Waals surface area (Å²) in [5, 5.41) is 5.58. The summed E-state index contributed by atoms with van der Waals surface area (Å²) >= 11 is 0. The third kappa shape index (κ3) is 4.40. The maximum Gasteiger partial charge on any atom is 0.248 e. The van der Waals surface area contributed by atoms with Gasteiger partial charge in [0.1, 0.15) is 0 Å². The van der Waals surface area contributed by atoms with Crippen LogP contribution in [-0.2, 0) is 14.8 Å². The Bertz CT molecular complexity index is 849. The molecular weight excluding hydrogens is 328 g/mol. The molecule has 126 valence electrons. The van der Waals surface area contributed by atoms with E-state index in [9.17, 15) is 13.2 Å². The molecule has 7 nitrogen and oxygen atoms in total. The van der Waals surface area contributed by atoms with Gasteiger partial charge >= 0.3 is 0 Å². The van der Waals surface area contributed by atoms with Gasteiger partial charge in [0.25, 0.3) is 0 Å². The first-order valence-corrected chi connectivity index (χ1v) is 8.59. The zero-order valence-electron chi connectivity index (χ0n) is 13.3. The smallest absolute Gasteiger partial charge is 0.248 e. The normalized spacial score (nSPS) is 11.4. The maximum atomic E-state index is 12.1. The van der Waals surface area contributed by atoms with Crippen molar-refractivity contribution in [3.05, 3.63) is 54.4 Å². The number of aromatic nitrogens is 1. The molecule has 0 saturated heterocycles. The van der Waals surface area contributed by atoms with Gasteiger partial charge in [-0.2, -0.15) is 0 Å². The number of rotatable bonds is 6. The zero-order valence-corrected chi connectivity index (χ0v) is 14.1. The van der Waals surface area contributed by atoms with Gasteiger partial charge in [0.2, 0.25) is 15.9 Å². The number of anilines is 2. The van der Waals surface area contributed by atoms with Gasteiger partial charge in [-0.3, -0.25) is 9.78 Å². The van der Waals surface area contributed by atoms with Crippen LogP contribution in [0, 0.1) is 0 Å². The molecule has 0 unspecified atom stereocenters. The first-order chi connectivity index (χ1) is 11.5. The third-order valence-electron chi connectivity index (χ3n) is 3.23. The van der Waals surface area contributed by atoms with E-state index in [1.807, 2.05) is 0 Å². The molecule has 0 saturated carbocycles. The summed E-state index contributed by atoms with van der Waals surface area (Å²) in [6, 6.07) is 7.98. The van der Waals surface area contributed by atoms with Crippen molar-refractivity contribution in [3.63, 3.8) is 0 Å². The molecule has 1 aromatic heterocycles. The second-order valence-electron chi connectivity index (χ2n) is 4.77. The van der Waals surface area contributed by atoms with E-state index in [0.717, 1.165) is 5.56 Å². The highest BCUT2D eigenvalue weighted by molar-refractivity contribution is 7.89. The number of nitrogens with one attached hydrogen (secondary N) is 3. The Morgan fingerprint density at radius 1 is 1.08 bits per heavy atom. The van der Waals surface area contributed by atoms with Crippen LogP contribution in [0.1, 0.15) is 5.56 Å². The first kappa shape index (κ1) is 17.6. The van der Waals surface area contributed by atoms with Gasteiger partial charge < -0.3 is 10.6 Å². The molecule has 1 amide bonds. The fraction of sp³-hybridized carbons (Fsp3) is 0.125. The van der Waals surface area contributed by atoms with Crippen LogP contribution in [0.25, 0.3) is 6.08 Å². The Balaban J connectivity index is 2.23. The van der Waals surface area contributed by atoms with Crippen molar-refractivity contribution in [1.29, 1.82) is 0 Å². The van der Waals surface area contributed by atoms with Crippen molar-refractivity contribution in [2.75, 3.05) is 24.7 Å². The number of carbonyl (C=O) groups is 1. The van der Waals surface area contributed by atoms with Gasteiger partial charge in [-0.1, -0.05) is 0 Å². The molecule has 0 spiro atoms. The van der Waals surface area contributed by atoms with Crippen molar-refractivity contribution >= 4 is 33.4 Å². The number of hydrogen-bond acceptors (Lipinski definition) is 5. The minimum Gasteiger partial charge on any atom is -0.386 e. The molecule has 1 heterocycles. The minimum atomic E-state index is -3.59. The second-order valence-corrected chi connectivity index (χ2v) is 6.65. The van der Waals surface area contributed by atoms with Crippen molar-refractivity contribution in [2.45, 2.75) is 4.90 Å². The molecule has 24 heavy (non-hydrogen) atoms. The lowest BCUT2D eigenvalue weighted by Crippen LogP contribution is -2.19. The topological polar surface area (TPSA) is 100 Å². The lowest BCUT2D eigenvalue weighted by atomic mass is 10.2. The van der Waals surface area contributed by atoms with E-state index >= 15 is 0 Å². The highest BCUT2D eigenvalue weighted by Crippen LogP contribution is 2.25. The third-order valence-corrected chi connectivity index (χ3v) is 4.64. The summed E-state index contributed by atoms with van der Waals surface area (Å²) in [5.74, 6) is -0.373. The number of benzene rings is 1. The molecule has 0 aliphatic rings. The van der Waals surface area contributed by atoms with Crippen LogP contribution in [0.15, 0.2) is 53.7 Å². The lowest BCUT2D eigenvalue weighted by molar-refractivity contribution is -0.111. The van der Waals surface area contributed by atoms with Gasteiger partial charge in [-0.25, -0.2) is 13.1 Å². The van der Waals surface area contributed by atoms with Gasteiger partial charge in [0.05, 0.1) is 16.3 Å². The van der Waals surface area contributed by atoms with Crippen LogP contribution < -0.4 is 15.4 Å². The van der Waals surface area contributed by atoms with E-state index in [2.05, 4.69) is 20.3 Å². The molecule has 0 aliphatic heterocycles. The number of sulfonamides is 1. The van der Waals surface area contributed by atoms with Gasteiger partial charge in [-0.05, 0) is 49.0 Å². The van der Waals surface area contributed by atoms with Crippen molar-refractivity contribution in [3.8, 4) is 0 Å². The van der Waals surface area contributed by atoms with Crippen molar-refractivity contribution in [1.82, 2.24) is 9.71 Å². The SMILES string of the molecule is CNc1ccc(S(=O)(=O)NC)cc1NC(=O)C=Cc1ccncc1. The molecule has 0 fully saturated rings. The van der Waals surface area contributed by atoms with Crippen molar-refractivity contribution in [2.24, 2.45) is 0 Å². The van der Waals surface area contributed by atoms with Gasteiger partial charge in [0.15, 0.2) is 0 Å². The Morgan fingerprint density at radius 3 is 2.42 bits per heavy atom. The summed E-state index contributed by atoms with van der Waals surface area (Å²) in [6.45, 7) is 0. The molecule has 0 aliphatic carbocycles. The van der Waals surface area contributed by atoms with E-state index in [4.69, 9.17) is 0 Å². The fourth-order valence-corrected chi connectivity index (χ4v) is 2.71. The lowest BCUT2D eigenvalue weighted by Gasteiger charge is -2.12. The average molecular weight is 346 g/mol. The fourth-order valence-electron chi connectivity index (χ4n) is 1.95. The van der Waals surface area contributed by atoms with Gasteiger partial charge in [0, 0.05) is 25.5 Å². The zero-order chi connectivity index (χ0) is 17.6. The number of pyridine rings is 1. The molecule has 2 aromatic rings. The van der Waals surface area contributed by atoms with Crippen LogP contribution in [-0.4, -0.2) is 33.4 Å². The molecule has 0 atom stereocenters. The number of hydrogen-bond donors (Lipinski definition) is 3. The Morgan fingerprint density at radius 2 is 1.79 bits per heavy atom. The van der Waals surface area contributed by atoms with Gasteiger partial charge in [-0.15, -0.1) is 0 Å². The predicted molar refractivity (Wildman–Crippen MR) is 94.1 cm³/mol. The van der Waals surface area contributed by atoms with E-state index in [0.29, 0.717) is 11.4 Å². The summed E-state index contributed by atoms with van der Waals surface area (Å²) < 4.78 is 26.0.